The van der Waals surface area contributed by atoms with Crippen molar-refractivity contribution < 1.29 is 35.9 Å². The lowest BCUT2D eigenvalue weighted by atomic mass is 9.95. The monoisotopic (exact) mass is 826 g/mol. The topological polar surface area (TPSA) is 138 Å². The molecule has 8 rings (SSSR count). The minimum Gasteiger partial charge on any atom is -0.344 e. The molecule has 310 valence electrons. The number of benzene rings is 2. The van der Waals surface area contributed by atoms with Crippen LogP contribution in [0.15, 0.2) is 60.7 Å². The van der Waals surface area contributed by atoms with Gasteiger partial charge in [0.25, 0.3) is 0 Å². The second-order valence-corrected chi connectivity index (χ2v) is 16.3. The zero-order valence-electron chi connectivity index (χ0n) is 32.8. The van der Waals surface area contributed by atoms with Gasteiger partial charge in [-0.2, -0.15) is 36.9 Å². The molecule has 6 heterocycles. The fraction of sp³-hybridized carbons (Fsp3) is 0.409. The number of nitriles is 2. The molecule has 0 aliphatic carbocycles. The average molecular weight is 827 g/mol. The number of rotatable bonds is 7. The van der Waals surface area contributed by atoms with E-state index in [0.29, 0.717) is 85.5 Å². The van der Waals surface area contributed by atoms with Crippen LogP contribution in [0.25, 0.3) is 22.3 Å². The second kappa shape index (κ2) is 15.0. The second-order valence-electron chi connectivity index (χ2n) is 16.3. The number of halogens is 6. The van der Waals surface area contributed by atoms with Crippen LogP contribution in [-0.2, 0) is 28.4 Å². The van der Waals surface area contributed by atoms with Crippen LogP contribution in [-0.4, -0.2) is 69.3 Å². The SMILES string of the molecule is Cc1cc(-c2cc(C(F)(F)F)ccc2C#N)cc([C@@H]2CC[C@]3(CCN(CCc4cc(-c5cc(C(F)(F)F)ccc5C#N)cc([C@H]5CC[C@]6(CCN(C)C6=O)N5)n4)C3=O)N2)n1. The van der Waals surface area contributed by atoms with Crippen molar-refractivity contribution in [2.45, 2.75) is 87.4 Å². The smallest absolute Gasteiger partial charge is 0.344 e. The van der Waals surface area contributed by atoms with Gasteiger partial charge in [0.15, 0.2) is 0 Å². The van der Waals surface area contributed by atoms with E-state index in [0.717, 1.165) is 36.4 Å². The van der Waals surface area contributed by atoms with E-state index in [1.165, 1.54) is 0 Å². The molecule has 2 spiro atoms. The molecule has 4 aromatic rings. The van der Waals surface area contributed by atoms with Gasteiger partial charge in [0, 0.05) is 55.6 Å². The number of pyridine rings is 2. The van der Waals surface area contributed by atoms with Crippen LogP contribution in [0.1, 0.15) is 95.6 Å². The lowest BCUT2D eigenvalue weighted by molar-refractivity contribution is -0.138. The highest BCUT2D eigenvalue weighted by Crippen LogP contribution is 2.43. The molecule has 2 N–H and O–H groups in total. The van der Waals surface area contributed by atoms with Gasteiger partial charge in [0.05, 0.1) is 57.9 Å². The van der Waals surface area contributed by atoms with Crippen molar-refractivity contribution in [1.82, 2.24) is 30.4 Å². The van der Waals surface area contributed by atoms with Gasteiger partial charge in [-0.15, -0.1) is 0 Å². The molecule has 0 saturated carbocycles. The van der Waals surface area contributed by atoms with Crippen LogP contribution in [0.5, 0.6) is 0 Å². The quantitative estimate of drug-likeness (QED) is 0.182. The van der Waals surface area contributed by atoms with Crippen molar-refractivity contribution in [3.8, 4) is 34.4 Å². The van der Waals surface area contributed by atoms with Crippen molar-refractivity contribution in [1.29, 1.82) is 10.5 Å². The number of nitrogens with zero attached hydrogens (tertiary/aromatic N) is 6. The summed E-state index contributed by atoms with van der Waals surface area (Å²) in [6.07, 6.45) is -5.73. The zero-order chi connectivity index (χ0) is 42.8. The molecule has 4 fully saturated rings. The predicted octanol–water partition coefficient (Wildman–Crippen LogP) is 7.56. The number of amides is 2. The van der Waals surface area contributed by atoms with Gasteiger partial charge in [-0.25, -0.2) is 0 Å². The standard InChI is InChI=1S/C44H40F6N8O2/c1-25-17-28(33-21-30(43(45,46)47)5-3-26(33)23-51)19-37(53-25)35-8-11-42(56-35)13-16-58(40(42)60)14-9-32-18-29(34-22-31(44(48,49)50)6-4-27(34)24-52)20-38(54-32)36-7-10-41(55-36)12-15-57(2)39(41)59/h3-6,17-22,35-36,55-56H,7-16H2,1-2H3/t35-,36+,41+,42+/m0/s1. The molecule has 2 aromatic heterocycles. The van der Waals surface area contributed by atoms with Gasteiger partial charge in [0.2, 0.25) is 11.8 Å². The third kappa shape index (κ3) is 7.47. The Labute approximate surface area is 342 Å². The summed E-state index contributed by atoms with van der Waals surface area (Å²) in [5.41, 5.74) is -0.143. The van der Waals surface area contributed by atoms with Gasteiger partial charge in [-0.3, -0.25) is 30.2 Å². The Kier molecular flexibility index (Phi) is 10.2. The molecule has 4 atom stereocenters. The molecule has 0 radical (unpaired) electrons. The minimum atomic E-state index is -4.64. The molecular weight excluding hydrogens is 787 g/mol. The first-order valence-electron chi connectivity index (χ1n) is 19.8. The van der Waals surface area contributed by atoms with Gasteiger partial charge < -0.3 is 9.80 Å². The summed E-state index contributed by atoms with van der Waals surface area (Å²) in [6.45, 7) is 2.98. The molecule has 4 aliphatic rings. The Balaban J connectivity index is 1.04. The maximum absolute atomic E-state index is 14.2. The van der Waals surface area contributed by atoms with Crippen molar-refractivity contribution in [2.24, 2.45) is 0 Å². The Hall–Kier alpha value is -5.84. The Morgan fingerprint density at radius 2 is 1.23 bits per heavy atom. The van der Waals surface area contributed by atoms with Crippen LogP contribution < -0.4 is 10.6 Å². The summed E-state index contributed by atoms with van der Waals surface area (Å²) in [4.78, 5) is 40.3. The van der Waals surface area contributed by atoms with Crippen LogP contribution >= 0.6 is 0 Å². The third-order valence-electron chi connectivity index (χ3n) is 12.5. The first kappa shape index (κ1) is 40.9. The molecule has 4 aliphatic heterocycles. The highest BCUT2D eigenvalue weighted by Gasteiger charge is 2.52. The van der Waals surface area contributed by atoms with Crippen LogP contribution in [0.3, 0.4) is 0 Å². The van der Waals surface area contributed by atoms with Gasteiger partial charge in [-0.1, -0.05) is 0 Å². The number of carbonyl (C=O) groups excluding carboxylic acids is 2. The van der Waals surface area contributed by atoms with E-state index < -0.39 is 34.6 Å². The van der Waals surface area contributed by atoms with E-state index in [2.05, 4.69) is 15.6 Å². The summed E-state index contributed by atoms with van der Waals surface area (Å²) in [7, 11) is 1.75. The number of hydrogen-bond acceptors (Lipinski definition) is 8. The van der Waals surface area contributed by atoms with E-state index in [1.54, 1.807) is 48.0 Å². The number of carbonyl (C=O) groups is 2. The zero-order valence-corrected chi connectivity index (χ0v) is 32.8. The van der Waals surface area contributed by atoms with E-state index in [4.69, 9.17) is 4.98 Å². The normalized spacial score (nSPS) is 24.2. The number of aromatic nitrogens is 2. The van der Waals surface area contributed by atoms with Crippen LogP contribution in [0, 0.1) is 29.6 Å². The van der Waals surface area contributed by atoms with Crippen LogP contribution in [0.4, 0.5) is 26.3 Å². The molecule has 60 heavy (non-hydrogen) atoms. The van der Waals surface area contributed by atoms with E-state index >= 15 is 0 Å². The third-order valence-corrected chi connectivity index (χ3v) is 12.5. The summed E-state index contributed by atoms with van der Waals surface area (Å²) in [5.74, 6) is -0.149. The fourth-order valence-electron chi connectivity index (χ4n) is 9.36. The Morgan fingerprint density at radius 1 is 0.717 bits per heavy atom. The minimum absolute atomic E-state index is 0.0160. The van der Waals surface area contributed by atoms with Crippen molar-refractivity contribution >= 4 is 11.8 Å². The average Bonchev–Trinajstić information content (AvgIpc) is 4.00. The number of likely N-dealkylation sites (N-methyl/N-ethyl adjacent to an activating group) is 1. The number of alkyl halides is 6. The van der Waals surface area contributed by atoms with Gasteiger partial charge in [-0.05, 0) is 117 Å². The van der Waals surface area contributed by atoms with Gasteiger partial charge >= 0.3 is 12.4 Å². The fourth-order valence-corrected chi connectivity index (χ4v) is 9.36. The first-order valence-corrected chi connectivity index (χ1v) is 19.8. The van der Waals surface area contributed by atoms with Crippen molar-refractivity contribution in [3.05, 3.63) is 106 Å². The Bertz CT molecular complexity index is 2490. The molecule has 10 nitrogen and oxygen atoms in total. The molecular formula is C44H40F6N8O2. The van der Waals surface area contributed by atoms with Crippen molar-refractivity contribution in [3.63, 3.8) is 0 Å². The summed E-state index contributed by atoms with van der Waals surface area (Å²) >= 11 is 0. The van der Waals surface area contributed by atoms with Gasteiger partial charge in [0.1, 0.15) is 11.1 Å². The summed E-state index contributed by atoms with van der Waals surface area (Å²) < 4.78 is 82.6. The Morgan fingerprint density at radius 3 is 1.75 bits per heavy atom. The van der Waals surface area contributed by atoms with Crippen molar-refractivity contribution in [2.75, 3.05) is 26.7 Å². The maximum atomic E-state index is 14.2. The first-order chi connectivity index (χ1) is 28.4. The highest BCUT2D eigenvalue weighted by molar-refractivity contribution is 5.89. The maximum Gasteiger partial charge on any atom is 0.416 e. The molecule has 4 saturated heterocycles. The van der Waals surface area contributed by atoms with E-state index in [9.17, 15) is 46.5 Å². The summed E-state index contributed by atoms with van der Waals surface area (Å²) in [6, 6.07) is 15.8. The van der Waals surface area contributed by atoms with E-state index in [1.807, 2.05) is 12.1 Å². The summed E-state index contributed by atoms with van der Waals surface area (Å²) in [5, 5.41) is 26.6. The molecule has 16 heteroatoms. The lowest BCUT2D eigenvalue weighted by Gasteiger charge is -2.25. The highest BCUT2D eigenvalue weighted by atomic mass is 19.4. The largest absolute Gasteiger partial charge is 0.416 e. The number of hydrogen-bond donors (Lipinski definition) is 2. The number of nitrogens with one attached hydrogen (secondary N) is 2. The molecule has 0 bridgehead atoms. The van der Waals surface area contributed by atoms with E-state index in [-0.39, 0.29) is 59.1 Å². The number of aryl methyl sites for hydroxylation is 1. The van der Waals surface area contributed by atoms with Crippen LogP contribution in [0.2, 0.25) is 0 Å². The molecule has 2 amide bonds. The predicted molar refractivity (Wildman–Crippen MR) is 206 cm³/mol. The molecule has 2 aromatic carbocycles. The number of likely N-dealkylation sites (tertiary alicyclic amines) is 2. The molecule has 0 unspecified atom stereocenters. The lowest BCUT2D eigenvalue weighted by Crippen LogP contribution is -2.48.